The molecule has 2 aliphatic heterocycles. The fourth-order valence-electron chi connectivity index (χ4n) is 10.5. The van der Waals surface area contributed by atoms with Crippen LogP contribution in [0.2, 0.25) is 0 Å². The highest BCUT2D eigenvalue weighted by atomic mass is 16.2. The Bertz CT molecular complexity index is 2120. The van der Waals surface area contributed by atoms with Crippen LogP contribution in [-0.4, -0.2) is 122 Å². The minimum atomic E-state index is -0.802. The highest BCUT2D eigenvalue weighted by molar-refractivity contribution is 5.94. The molecule has 0 bridgehead atoms. The van der Waals surface area contributed by atoms with Crippen molar-refractivity contribution in [1.29, 1.82) is 0 Å². The van der Waals surface area contributed by atoms with Crippen molar-refractivity contribution in [2.45, 2.75) is 152 Å². The number of fused-ring (bicyclic) bond motifs is 2. The van der Waals surface area contributed by atoms with Crippen molar-refractivity contribution in [3.8, 4) is 0 Å². The number of nitrogens with zero attached hydrogens (tertiary/aromatic N) is 2. The Kier molecular flexibility index (Phi) is 19.0. The fraction of sp³-hybridized carbons (Fsp3) is 0.556. The summed E-state index contributed by atoms with van der Waals surface area (Å²) < 4.78 is 0. The van der Waals surface area contributed by atoms with E-state index in [-0.39, 0.29) is 47.5 Å². The summed E-state index contributed by atoms with van der Waals surface area (Å²) in [6.45, 7) is 6.42. The molecule has 16 heteroatoms. The quantitative estimate of drug-likeness (QED) is 0.0692. The molecule has 0 radical (unpaired) electrons. The second-order valence-corrected chi connectivity index (χ2v) is 19.6. The molecular weight excluding hydrogens is 885 g/mol. The average Bonchev–Trinajstić information content (AvgIpc) is 4.09. The molecule has 8 unspecified atom stereocenters. The number of carbonyl (C=O) groups is 6. The Balaban J connectivity index is 0.885. The minimum absolute atomic E-state index is 0.0820. The Hall–Kier alpha value is -5.68. The lowest BCUT2D eigenvalue weighted by molar-refractivity contribution is -0.142. The largest absolute Gasteiger partial charge is 0.347 e. The zero-order valence-electron chi connectivity index (χ0n) is 41.6. The van der Waals surface area contributed by atoms with E-state index in [1.54, 1.807) is 37.7 Å². The van der Waals surface area contributed by atoms with Crippen LogP contribution in [0.25, 0.3) is 0 Å². The second-order valence-electron chi connectivity index (χ2n) is 19.6. The minimum Gasteiger partial charge on any atom is -0.347 e. The molecule has 16 nitrogen and oxygen atoms in total. The van der Waals surface area contributed by atoms with Crippen LogP contribution in [0.15, 0.2) is 72.8 Å². The van der Waals surface area contributed by atoms with Gasteiger partial charge in [-0.2, -0.15) is 0 Å². The maximum atomic E-state index is 14.2. The van der Waals surface area contributed by atoms with Gasteiger partial charge in [-0.05, 0) is 151 Å². The van der Waals surface area contributed by atoms with Gasteiger partial charge in [0, 0.05) is 26.2 Å². The zero-order chi connectivity index (χ0) is 49.6. The molecule has 2 aliphatic carbocycles. The van der Waals surface area contributed by atoms with E-state index in [9.17, 15) is 28.8 Å². The highest BCUT2D eigenvalue weighted by Gasteiger charge is 2.40. The maximum absolute atomic E-state index is 14.2. The number of benzene rings is 3. The smallest absolute Gasteiger partial charge is 0.245 e. The van der Waals surface area contributed by atoms with Gasteiger partial charge in [0.05, 0.1) is 24.2 Å². The van der Waals surface area contributed by atoms with Gasteiger partial charge < -0.3 is 52.3 Å². The van der Waals surface area contributed by atoms with Gasteiger partial charge in [0.25, 0.3) is 0 Å². The molecular formula is C54H76N10O6. The third-order valence-electron chi connectivity index (χ3n) is 14.8. The summed E-state index contributed by atoms with van der Waals surface area (Å²) in [6, 6.07) is 20.7. The molecule has 6 amide bonds. The summed E-state index contributed by atoms with van der Waals surface area (Å²) in [5, 5.41) is 25.2. The van der Waals surface area contributed by atoms with Gasteiger partial charge >= 0.3 is 0 Å². The van der Waals surface area contributed by atoms with Gasteiger partial charge in [0.2, 0.25) is 35.4 Å². The summed E-state index contributed by atoms with van der Waals surface area (Å²) in [7, 11) is 3.40. The maximum Gasteiger partial charge on any atom is 0.245 e. The van der Waals surface area contributed by atoms with E-state index in [1.165, 1.54) is 11.1 Å². The lowest BCUT2D eigenvalue weighted by atomic mass is 9.87. The SMILES string of the molecule is CNC(C)C(=O)NC(CCNCc1ccc(CNCCC(NC(=O)C(C)NC)C(=O)N2CCCC2C(=O)NC2CCCc3ccccc32)cc1)C(=O)N1CCCC1C(=O)NC1CCCc2ccccc21. The molecule has 2 fully saturated rings. The number of hydrogen-bond donors (Lipinski definition) is 8. The number of aryl methyl sites for hydroxylation is 2. The van der Waals surface area contributed by atoms with Crippen LogP contribution in [0.5, 0.6) is 0 Å². The summed E-state index contributed by atoms with van der Waals surface area (Å²) in [5.41, 5.74) is 6.90. The average molecular weight is 961 g/mol. The molecule has 2 saturated heterocycles. The first-order chi connectivity index (χ1) is 33.9. The summed E-state index contributed by atoms with van der Waals surface area (Å²) >= 11 is 0. The van der Waals surface area contributed by atoms with Crippen molar-refractivity contribution in [1.82, 2.24) is 52.3 Å². The molecule has 2 heterocycles. The monoisotopic (exact) mass is 961 g/mol. The van der Waals surface area contributed by atoms with E-state index in [0.29, 0.717) is 77.8 Å². The molecule has 7 rings (SSSR count). The molecule has 3 aromatic carbocycles. The van der Waals surface area contributed by atoms with Crippen LogP contribution >= 0.6 is 0 Å². The summed E-state index contributed by atoms with van der Waals surface area (Å²) in [5.74, 6) is -1.33. The van der Waals surface area contributed by atoms with Crippen LogP contribution in [0.1, 0.15) is 124 Å². The number of likely N-dealkylation sites (tertiary alicyclic amines) is 2. The van der Waals surface area contributed by atoms with Crippen molar-refractivity contribution < 1.29 is 28.8 Å². The number of rotatable bonds is 22. The fourth-order valence-corrected chi connectivity index (χ4v) is 10.5. The lowest BCUT2D eigenvalue weighted by Crippen LogP contribution is -2.56. The van der Waals surface area contributed by atoms with Crippen molar-refractivity contribution >= 4 is 35.4 Å². The molecule has 0 aromatic heterocycles. The van der Waals surface area contributed by atoms with Crippen molar-refractivity contribution in [2.75, 3.05) is 40.3 Å². The molecule has 378 valence electrons. The Morgan fingerprint density at radius 3 is 1.34 bits per heavy atom. The second kappa shape index (κ2) is 25.4. The van der Waals surface area contributed by atoms with E-state index >= 15 is 0 Å². The van der Waals surface area contributed by atoms with E-state index in [2.05, 4.69) is 66.8 Å². The predicted molar refractivity (Wildman–Crippen MR) is 270 cm³/mol. The van der Waals surface area contributed by atoms with Gasteiger partial charge in [0.15, 0.2) is 0 Å². The Morgan fingerprint density at radius 2 is 0.943 bits per heavy atom. The number of likely N-dealkylation sites (N-methyl/N-ethyl adjacent to an activating group) is 2. The van der Waals surface area contributed by atoms with Crippen LogP contribution in [-0.2, 0) is 54.7 Å². The van der Waals surface area contributed by atoms with Gasteiger partial charge in [-0.3, -0.25) is 28.8 Å². The van der Waals surface area contributed by atoms with E-state index < -0.39 is 36.3 Å². The third kappa shape index (κ3) is 13.4. The Labute approximate surface area is 414 Å². The van der Waals surface area contributed by atoms with Gasteiger partial charge in [0.1, 0.15) is 24.2 Å². The summed E-state index contributed by atoms with van der Waals surface area (Å²) in [4.78, 5) is 85.4. The van der Waals surface area contributed by atoms with E-state index in [4.69, 9.17) is 0 Å². The number of carbonyl (C=O) groups excluding carboxylic acids is 6. The van der Waals surface area contributed by atoms with Gasteiger partial charge in [-0.15, -0.1) is 0 Å². The predicted octanol–water partition coefficient (Wildman–Crippen LogP) is 3.20. The molecule has 8 N–H and O–H groups in total. The summed E-state index contributed by atoms with van der Waals surface area (Å²) in [6.07, 6.45) is 8.99. The normalized spacial score (nSPS) is 21.4. The third-order valence-corrected chi connectivity index (χ3v) is 14.8. The number of amides is 6. The van der Waals surface area contributed by atoms with Gasteiger partial charge in [-0.1, -0.05) is 72.8 Å². The molecule has 70 heavy (non-hydrogen) atoms. The molecule has 3 aromatic rings. The van der Waals surface area contributed by atoms with Crippen LogP contribution in [0.3, 0.4) is 0 Å². The molecule has 0 spiro atoms. The highest BCUT2D eigenvalue weighted by Crippen LogP contribution is 2.32. The molecule has 4 aliphatic rings. The zero-order valence-corrected chi connectivity index (χ0v) is 41.6. The molecule has 8 atom stereocenters. The van der Waals surface area contributed by atoms with Crippen LogP contribution in [0, 0.1) is 0 Å². The molecule has 0 saturated carbocycles. The van der Waals surface area contributed by atoms with Crippen LogP contribution in [0.4, 0.5) is 0 Å². The van der Waals surface area contributed by atoms with E-state index in [0.717, 1.165) is 60.8 Å². The van der Waals surface area contributed by atoms with Crippen molar-refractivity contribution in [2.24, 2.45) is 0 Å². The first-order valence-electron chi connectivity index (χ1n) is 25.8. The topological polar surface area (TPSA) is 205 Å². The lowest BCUT2D eigenvalue weighted by Gasteiger charge is -2.32. The van der Waals surface area contributed by atoms with Crippen molar-refractivity contribution in [3.63, 3.8) is 0 Å². The number of hydrogen-bond acceptors (Lipinski definition) is 10. The Morgan fingerprint density at radius 1 is 0.543 bits per heavy atom. The first kappa shape index (κ1) is 52.2. The van der Waals surface area contributed by atoms with Crippen molar-refractivity contribution in [3.05, 3.63) is 106 Å². The van der Waals surface area contributed by atoms with Crippen LogP contribution < -0.4 is 42.5 Å². The number of nitrogens with one attached hydrogen (secondary N) is 8. The van der Waals surface area contributed by atoms with E-state index in [1.807, 2.05) is 48.5 Å². The standard InChI is InChI=1S/C54H76N10O6/c1-35(55-3)49(65)61-45(53(69)63-31-11-21-47(63)51(67)59-43-19-9-15-39-13-5-7-17-41(39)43)27-29-57-33-37-23-25-38(26-24-37)34-58-30-28-46(62-50(66)36(2)56-4)54(70)64-32-12-22-48(64)52(68)60-44-20-10-16-40-14-6-8-18-42(40)44/h5-8,13-14,17-18,23-26,35-36,43-48,55-58H,9-12,15-16,19-22,27-34H2,1-4H3,(H,59,67)(H,60,68)(H,61,65)(H,62,66). The first-order valence-corrected chi connectivity index (χ1v) is 25.8. The van der Waals surface area contributed by atoms with Gasteiger partial charge in [-0.25, -0.2) is 0 Å².